The summed E-state index contributed by atoms with van der Waals surface area (Å²) in [5.74, 6) is 2.16. The lowest BCUT2D eigenvalue weighted by molar-refractivity contribution is 0.297. The Morgan fingerprint density at radius 2 is 2.10 bits per heavy atom. The molecule has 1 fully saturated rings. The third-order valence-corrected chi connectivity index (χ3v) is 3.00. The third kappa shape index (κ3) is 5.98. The monoisotopic (exact) mass is 389 g/mol. The van der Waals surface area contributed by atoms with E-state index in [1.807, 2.05) is 38.1 Å². The molecule has 0 spiro atoms. The standard InChI is InChI=1S/C15H23N3O.HI/c1-11(2)18-15(16)17-9-13-5-3-4-6-14(13)19-10-12-7-8-12;/h3-6,11-12H,7-10H2,1-2H3,(H3,16,17,18);1H. The zero-order valence-corrected chi connectivity index (χ0v) is 14.5. The summed E-state index contributed by atoms with van der Waals surface area (Å²) in [4.78, 5) is 4.34. The normalized spacial score (nSPS) is 14.8. The number of hydrogen-bond acceptors (Lipinski definition) is 2. The van der Waals surface area contributed by atoms with E-state index in [0.717, 1.165) is 23.8 Å². The van der Waals surface area contributed by atoms with Crippen LogP contribution in [-0.4, -0.2) is 18.6 Å². The van der Waals surface area contributed by atoms with Gasteiger partial charge in [-0.2, -0.15) is 0 Å². The molecule has 5 heteroatoms. The Bertz CT molecular complexity index is 444. The summed E-state index contributed by atoms with van der Waals surface area (Å²) in [5, 5.41) is 3.08. The minimum Gasteiger partial charge on any atom is -0.493 e. The van der Waals surface area contributed by atoms with Gasteiger partial charge in [0.25, 0.3) is 0 Å². The quantitative estimate of drug-likeness (QED) is 0.447. The molecule has 1 saturated carbocycles. The molecule has 0 aliphatic heterocycles. The predicted octanol–water partition coefficient (Wildman–Crippen LogP) is 2.91. The van der Waals surface area contributed by atoms with Gasteiger partial charge in [-0.05, 0) is 38.7 Å². The zero-order chi connectivity index (χ0) is 13.7. The number of para-hydroxylation sites is 1. The topological polar surface area (TPSA) is 59.6 Å². The van der Waals surface area contributed by atoms with E-state index in [4.69, 9.17) is 10.5 Å². The van der Waals surface area contributed by atoms with E-state index in [0.29, 0.717) is 18.5 Å². The van der Waals surface area contributed by atoms with Crippen molar-refractivity contribution in [3.05, 3.63) is 29.8 Å². The maximum Gasteiger partial charge on any atom is 0.189 e. The van der Waals surface area contributed by atoms with Crippen molar-refractivity contribution < 1.29 is 4.74 Å². The van der Waals surface area contributed by atoms with Crippen molar-refractivity contribution in [1.82, 2.24) is 5.32 Å². The SMILES string of the molecule is CC(C)NC(N)=NCc1ccccc1OCC1CC1.I. The van der Waals surface area contributed by atoms with Crippen LogP contribution < -0.4 is 15.8 Å². The lowest BCUT2D eigenvalue weighted by atomic mass is 10.2. The van der Waals surface area contributed by atoms with Crippen LogP contribution in [0, 0.1) is 5.92 Å². The van der Waals surface area contributed by atoms with Gasteiger partial charge >= 0.3 is 0 Å². The van der Waals surface area contributed by atoms with Gasteiger partial charge in [-0.15, -0.1) is 24.0 Å². The molecule has 0 heterocycles. The highest BCUT2D eigenvalue weighted by molar-refractivity contribution is 14.0. The molecule has 1 aromatic carbocycles. The fourth-order valence-electron chi connectivity index (χ4n) is 1.78. The van der Waals surface area contributed by atoms with Gasteiger partial charge in [0.1, 0.15) is 5.75 Å². The van der Waals surface area contributed by atoms with E-state index in [-0.39, 0.29) is 24.0 Å². The molecular weight excluding hydrogens is 365 g/mol. The van der Waals surface area contributed by atoms with Gasteiger partial charge in [0.2, 0.25) is 0 Å². The first kappa shape index (κ1) is 17.1. The smallest absolute Gasteiger partial charge is 0.189 e. The molecule has 0 atom stereocenters. The lowest BCUT2D eigenvalue weighted by Gasteiger charge is -2.11. The van der Waals surface area contributed by atoms with Gasteiger partial charge in [0, 0.05) is 11.6 Å². The summed E-state index contributed by atoms with van der Waals surface area (Å²) in [6.07, 6.45) is 2.59. The maximum absolute atomic E-state index is 5.84. The first-order chi connectivity index (χ1) is 9.15. The molecule has 0 radical (unpaired) electrons. The average Bonchev–Trinajstić information content (AvgIpc) is 3.18. The van der Waals surface area contributed by atoms with E-state index < -0.39 is 0 Å². The van der Waals surface area contributed by atoms with Crippen molar-refractivity contribution in [2.24, 2.45) is 16.6 Å². The van der Waals surface area contributed by atoms with Crippen molar-refractivity contribution >= 4 is 29.9 Å². The number of hydrogen-bond donors (Lipinski definition) is 2. The number of nitrogens with zero attached hydrogens (tertiary/aromatic N) is 1. The second-order valence-electron chi connectivity index (χ2n) is 5.36. The Hall–Kier alpha value is -0.980. The van der Waals surface area contributed by atoms with Crippen LogP contribution in [0.25, 0.3) is 0 Å². The summed E-state index contributed by atoms with van der Waals surface area (Å²) >= 11 is 0. The largest absolute Gasteiger partial charge is 0.493 e. The molecule has 4 nitrogen and oxygen atoms in total. The van der Waals surface area contributed by atoms with Gasteiger partial charge in [0.15, 0.2) is 5.96 Å². The van der Waals surface area contributed by atoms with Crippen molar-refractivity contribution in [2.45, 2.75) is 39.3 Å². The van der Waals surface area contributed by atoms with Gasteiger partial charge < -0.3 is 15.8 Å². The highest BCUT2D eigenvalue weighted by atomic mass is 127. The van der Waals surface area contributed by atoms with Crippen molar-refractivity contribution in [1.29, 1.82) is 0 Å². The molecule has 0 bridgehead atoms. The number of guanidine groups is 1. The molecule has 0 unspecified atom stereocenters. The number of nitrogens with two attached hydrogens (primary N) is 1. The Balaban J connectivity index is 0.00000200. The first-order valence-corrected chi connectivity index (χ1v) is 6.92. The maximum atomic E-state index is 5.84. The molecule has 1 aliphatic carbocycles. The predicted molar refractivity (Wildman–Crippen MR) is 93.7 cm³/mol. The van der Waals surface area contributed by atoms with Crippen LogP contribution in [0.1, 0.15) is 32.3 Å². The van der Waals surface area contributed by atoms with E-state index in [1.54, 1.807) is 0 Å². The van der Waals surface area contributed by atoms with Gasteiger partial charge in [-0.25, -0.2) is 4.99 Å². The Morgan fingerprint density at radius 1 is 1.40 bits per heavy atom. The van der Waals surface area contributed by atoms with Gasteiger partial charge in [-0.1, -0.05) is 18.2 Å². The lowest BCUT2D eigenvalue weighted by Crippen LogP contribution is -2.36. The van der Waals surface area contributed by atoms with Crippen LogP contribution in [0.15, 0.2) is 29.3 Å². The summed E-state index contributed by atoms with van der Waals surface area (Å²) in [7, 11) is 0. The van der Waals surface area contributed by atoms with Gasteiger partial charge in [-0.3, -0.25) is 0 Å². The van der Waals surface area contributed by atoms with Crippen molar-refractivity contribution in [3.8, 4) is 5.75 Å². The van der Waals surface area contributed by atoms with Crippen LogP contribution in [0.2, 0.25) is 0 Å². The number of aliphatic imine (C=N–C) groups is 1. The second-order valence-corrected chi connectivity index (χ2v) is 5.36. The van der Waals surface area contributed by atoms with Gasteiger partial charge in [0.05, 0.1) is 13.2 Å². The summed E-state index contributed by atoms with van der Waals surface area (Å²) in [6.45, 7) is 5.44. The molecule has 3 N–H and O–H groups in total. The van der Waals surface area contributed by atoms with Crippen molar-refractivity contribution in [3.63, 3.8) is 0 Å². The molecule has 0 aromatic heterocycles. The van der Waals surface area contributed by atoms with E-state index >= 15 is 0 Å². The van der Waals surface area contributed by atoms with Crippen LogP contribution >= 0.6 is 24.0 Å². The van der Waals surface area contributed by atoms with Crippen LogP contribution in [-0.2, 0) is 6.54 Å². The first-order valence-electron chi connectivity index (χ1n) is 6.92. The second kappa shape index (κ2) is 8.34. The summed E-state index contributed by atoms with van der Waals surface area (Å²) < 4.78 is 5.84. The van der Waals surface area contributed by atoms with Crippen LogP contribution in [0.3, 0.4) is 0 Å². The highest BCUT2D eigenvalue weighted by Gasteiger charge is 2.22. The van der Waals surface area contributed by atoms with E-state index in [2.05, 4.69) is 10.3 Å². The summed E-state index contributed by atoms with van der Waals surface area (Å²) in [6, 6.07) is 8.32. The molecule has 112 valence electrons. The molecule has 1 aliphatic rings. The summed E-state index contributed by atoms with van der Waals surface area (Å²) in [5.41, 5.74) is 6.88. The van der Waals surface area contributed by atoms with Crippen molar-refractivity contribution in [2.75, 3.05) is 6.61 Å². The highest BCUT2D eigenvalue weighted by Crippen LogP contribution is 2.30. The Morgan fingerprint density at radius 3 is 2.75 bits per heavy atom. The third-order valence-electron chi connectivity index (χ3n) is 3.00. The molecule has 20 heavy (non-hydrogen) atoms. The number of halogens is 1. The number of nitrogens with one attached hydrogen (secondary N) is 1. The molecule has 1 aromatic rings. The Labute approximate surface area is 138 Å². The average molecular weight is 389 g/mol. The number of rotatable bonds is 6. The van der Waals surface area contributed by atoms with Crippen LogP contribution in [0.4, 0.5) is 0 Å². The van der Waals surface area contributed by atoms with Crippen LogP contribution in [0.5, 0.6) is 5.75 Å². The molecular formula is C15H24IN3O. The minimum atomic E-state index is 0. The number of ether oxygens (including phenoxy) is 1. The van der Waals surface area contributed by atoms with E-state index in [1.165, 1.54) is 12.8 Å². The van der Waals surface area contributed by atoms with E-state index in [9.17, 15) is 0 Å². The number of benzene rings is 1. The Kier molecular flexibility index (Phi) is 7.12. The molecule has 0 amide bonds. The fraction of sp³-hybridized carbons (Fsp3) is 0.533. The minimum absolute atomic E-state index is 0. The molecule has 2 rings (SSSR count). The molecule has 0 saturated heterocycles. The zero-order valence-electron chi connectivity index (χ0n) is 12.1. The fourth-order valence-corrected chi connectivity index (χ4v) is 1.78.